The zero-order valence-corrected chi connectivity index (χ0v) is 19.2. The minimum atomic E-state index is -2.26. The fraction of sp³-hybridized carbons (Fsp3) is 0.385. The second-order valence-electron chi connectivity index (χ2n) is 10.5. The van der Waals surface area contributed by atoms with Crippen molar-refractivity contribution < 1.29 is 49.1 Å². The summed E-state index contributed by atoms with van der Waals surface area (Å²) >= 11 is 0. The van der Waals surface area contributed by atoms with Gasteiger partial charge in [0.25, 0.3) is 0 Å². The number of ether oxygens (including phenoxy) is 2. The molecule has 1 saturated carbocycles. The molecule has 2 aromatic rings. The Morgan fingerprint density at radius 2 is 1.39 bits per heavy atom. The molecule has 2 bridgehead atoms. The Kier molecular flexibility index (Phi) is 3.56. The zero-order valence-electron chi connectivity index (χ0n) is 19.2. The molecule has 0 unspecified atom stereocenters. The highest BCUT2D eigenvalue weighted by atomic mass is 16.5. The Balaban J connectivity index is 1.76. The van der Waals surface area contributed by atoms with Gasteiger partial charge in [-0.25, -0.2) is 9.59 Å². The molecule has 4 N–H and O–H groups in total. The van der Waals surface area contributed by atoms with Gasteiger partial charge in [0.15, 0.2) is 11.6 Å². The van der Waals surface area contributed by atoms with Gasteiger partial charge in [-0.2, -0.15) is 0 Å². The van der Waals surface area contributed by atoms with Gasteiger partial charge >= 0.3 is 11.9 Å². The summed E-state index contributed by atoms with van der Waals surface area (Å²) in [6.45, 7) is 2.07. The molecule has 0 aromatic heterocycles. The second-order valence-corrected chi connectivity index (χ2v) is 10.5. The first-order valence-corrected chi connectivity index (χ1v) is 11.5. The molecular weight excluding hydrogens is 472 g/mol. The molecule has 10 heteroatoms. The Bertz CT molecular complexity index is 1520. The maximum Gasteiger partial charge on any atom is 0.342 e. The lowest BCUT2D eigenvalue weighted by Gasteiger charge is -2.57. The van der Waals surface area contributed by atoms with Gasteiger partial charge in [-0.1, -0.05) is 0 Å². The largest absolute Gasteiger partial charge is 0.507 e. The molecule has 2 spiro atoms. The van der Waals surface area contributed by atoms with Crippen LogP contribution >= 0.6 is 0 Å². The molecule has 2 heterocycles. The Morgan fingerprint density at radius 1 is 0.833 bits per heavy atom. The van der Waals surface area contributed by atoms with Gasteiger partial charge in [-0.15, -0.1) is 0 Å². The average molecular weight is 492 g/mol. The fourth-order valence-corrected chi connectivity index (χ4v) is 8.03. The predicted molar refractivity (Wildman–Crippen MR) is 117 cm³/mol. The van der Waals surface area contributed by atoms with Gasteiger partial charge in [-0.05, 0) is 48.2 Å². The number of aliphatic hydroxyl groups is 2. The molecule has 0 saturated heterocycles. The number of phenolic OH excluding ortho intramolecular Hbond substituents is 2. The van der Waals surface area contributed by atoms with Crippen molar-refractivity contribution in [1.29, 1.82) is 0 Å². The van der Waals surface area contributed by atoms with E-state index in [1.54, 1.807) is 13.8 Å². The first kappa shape index (κ1) is 21.5. The summed E-state index contributed by atoms with van der Waals surface area (Å²) in [5, 5.41) is 45.9. The molecule has 2 aliphatic heterocycles. The van der Waals surface area contributed by atoms with Crippen molar-refractivity contribution in [3.05, 3.63) is 56.6 Å². The Labute approximate surface area is 203 Å². The molecule has 184 valence electrons. The summed E-state index contributed by atoms with van der Waals surface area (Å²) in [6, 6.07) is 2.50. The van der Waals surface area contributed by atoms with Gasteiger partial charge < -0.3 is 29.9 Å². The maximum atomic E-state index is 14.0. The zero-order chi connectivity index (χ0) is 25.7. The van der Waals surface area contributed by atoms with E-state index >= 15 is 0 Å². The number of benzene rings is 2. The van der Waals surface area contributed by atoms with Crippen molar-refractivity contribution in [2.45, 2.75) is 42.8 Å². The summed E-state index contributed by atoms with van der Waals surface area (Å²) in [6.07, 6.45) is -2.23. The van der Waals surface area contributed by atoms with Crippen LogP contribution in [0.3, 0.4) is 0 Å². The van der Waals surface area contributed by atoms with Crippen LogP contribution in [0.2, 0.25) is 0 Å². The third-order valence-corrected chi connectivity index (χ3v) is 9.21. The average Bonchev–Trinajstić information content (AvgIpc) is 2.89. The number of cyclic esters (lactones) is 2. The van der Waals surface area contributed by atoms with Crippen molar-refractivity contribution >= 4 is 23.5 Å². The first-order valence-electron chi connectivity index (χ1n) is 11.5. The standard InChI is InChI=1S/C26H20O10/c1-8-3-11(28)16-18-13(8)12(29)5-26(34)19-20(30)14-9(2)4-10(27)15-17(14)24(21(19)31,6-35-22(15)32)25(18,26)7-36-23(16)33/h3-4,19,21,27-28,31,34H,5-7H2,1-2H3/t19-,21+,24+,25-,26+/m1/s1. The number of aromatic hydroxyl groups is 2. The summed E-state index contributed by atoms with van der Waals surface area (Å²) in [7, 11) is 0. The van der Waals surface area contributed by atoms with Crippen LogP contribution in [0.4, 0.5) is 0 Å². The molecule has 10 nitrogen and oxygen atoms in total. The number of carbonyl (C=O) groups excluding carboxylic acids is 4. The van der Waals surface area contributed by atoms with Crippen LogP contribution in [-0.2, 0) is 20.3 Å². The summed E-state index contributed by atoms with van der Waals surface area (Å²) < 4.78 is 11.0. The highest BCUT2D eigenvalue weighted by Gasteiger charge is 2.85. The van der Waals surface area contributed by atoms with Crippen molar-refractivity contribution in [1.82, 2.24) is 0 Å². The molecule has 36 heavy (non-hydrogen) atoms. The van der Waals surface area contributed by atoms with E-state index in [9.17, 15) is 39.6 Å². The molecular formula is C26H20O10. The number of aliphatic hydroxyl groups excluding tert-OH is 1. The van der Waals surface area contributed by atoms with E-state index in [0.29, 0.717) is 11.1 Å². The lowest BCUT2D eigenvalue weighted by atomic mass is 9.48. The number of hydrogen-bond acceptors (Lipinski definition) is 10. The molecule has 0 amide bonds. The number of aryl methyl sites for hydroxylation is 2. The molecule has 2 aromatic carbocycles. The Morgan fingerprint density at radius 3 is 2.03 bits per heavy atom. The van der Waals surface area contributed by atoms with E-state index in [4.69, 9.17) is 9.47 Å². The van der Waals surface area contributed by atoms with Crippen molar-refractivity contribution in [3.63, 3.8) is 0 Å². The Hall–Kier alpha value is -3.76. The number of ketones is 2. The second kappa shape index (κ2) is 5.96. The fourth-order valence-electron chi connectivity index (χ4n) is 8.03. The number of fused-ring (bicyclic) bond motifs is 2. The van der Waals surface area contributed by atoms with Gasteiger partial charge in [0.1, 0.15) is 35.8 Å². The van der Waals surface area contributed by atoms with Crippen molar-refractivity contribution in [3.8, 4) is 11.5 Å². The van der Waals surface area contributed by atoms with E-state index in [2.05, 4.69) is 0 Å². The highest BCUT2D eigenvalue weighted by Crippen LogP contribution is 2.72. The summed E-state index contributed by atoms with van der Waals surface area (Å²) in [5.74, 6) is -5.55. The number of Topliss-reactive ketones (excluding diaryl/α,β-unsaturated/α-hetero) is 2. The minimum Gasteiger partial charge on any atom is -0.507 e. The third kappa shape index (κ3) is 1.82. The van der Waals surface area contributed by atoms with Crippen LogP contribution in [0.15, 0.2) is 12.1 Å². The van der Waals surface area contributed by atoms with Crippen LogP contribution in [0.1, 0.15) is 70.1 Å². The van der Waals surface area contributed by atoms with E-state index in [-0.39, 0.29) is 33.4 Å². The SMILES string of the molecule is Cc1cc(O)c2c3c1C(=O)C[C@]1(O)[C@@H]4C(=O)c5c(C)cc(O)c6c5[C@@](COC6=O)([C@H]4O)[C@@]31COC2=O. The van der Waals surface area contributed by atoms with Gasteiger partial charge in [0.05, 0.1) is 28.5 Å². The maximum absolute atomic E-state index is 14.0. The normalized spacial score (nSPS) is 35.0. The van der Waals surface area contributed by atoms with E-state index in [1.807, 2.05) is 0 Å². The number of carbonyl (C=O) groups is 4. The van der Waals surface area contributed by atoms with Crippen LogP contribution in [0.25, 0.3) is 0 Å². The molecule has 5 aliphatic rings. The molecule has 1 fully saturated rings. The van der Waals surface area contributed by atoms with Crippen molar-refractivity contribution in [2.75, 3.05) is 13.2 Å². The van der Waals surface area contributed by atoms with Gasteiger partial charge in [-0.3, -0.25) is 9.59 Å². The third-order valence-electron chi connectivity index (χ3n) is 9.21. The summed E-state index contributed by atoms with van der Waals surface area (Å²) in [5.41, 5.74) is -5.77. The lowest BCUT2D eigenvalue weighted by Crippen LogP contribution is -2.69. The smallest absolute Gasteiger partial charge is 0.342 e. The van der Waals surface area contributed by atoms with Gasteiger partial charge in [0, 0.05) is 17.5 Å². The molecule has 5 atom stereocenters. The monoisotopic (exact) mass is 492 g/mol. The number of hydrogen-bond donors (Lipinski definition) is 4. The van der Waals surface area contributed by atoms with Gasteiger partial charge in [0.2, 0.25) is 0 Å². The van der Waals surface area contributed by atoms with Crippen LogP contribution in [0.5, 0.6) is 11.5 Å². The number of phenols is 2. The molecule has 3 aliphatic carbocycles. The molecule has 0 radical (unpaired) electrons. The first-order chi connectivity index (χ1) is 16.9. The lowest BCUT2D eigenvalue weighted by molar-refractivity contribution is -0.0989. The topological polar surface area (TPSA) is 168 Å². The molecule has 7 rings (SSSR count). The van der Waals surface area contributed by atoms with Crippen LogP contribution < -0.4 is 0 Å². The van der Waals surface area contributed by atoms with Crippen LogP contribution in [0, 0.1) is 19.8 Å². The summed E-state index contributed by atoms with van der Waals surface area (Å²) in [4.78, 5) is 53.3. The van der Waals surface area contributed by atoms with E-state index in [1.165, 1.54) is 12.1 Å². The predicted octanol–water partition coefficient (Wildman–Crippen LogP) is 0.736. The highest BCUT2D eigenvalue weighted by molar-refractivity contribution is 6.14. The van der Waals surface area contributed by atoms with Crippen LogP contribution in [-0.4, -0.2) is 68.8 Å². The van der Waals surface area contributed by atoms with Crippen molar-refractivity contribution in [2.24, 2.45) is 5.92 Å². The number of esters is 2. The van der Waals surface area contributed by atoms with E-state index in [0.717, 1.165) is 0 Å². The quantitative estimate of drug-likeness (QED) is 0.385. The number of rotatable bonds is 0. The van der Waals surface area contributed by atoms with E-state index < -0.39 is 83.1 Å². The minimum absolute atomic E-state index is 0.00567.